The highest BCUT2D eigenvalue weighted by Gasteiger charge is 2.51. The maximum atomic E-state index is 11.8. The van der Waals surface area contributed by atoms with E-state index >= 15 is 0 Å². The molecular weight excluding hydrogens is 706 g/mol. The summed E-state index contributed by atoms with van der Waals surface area (Å²) in [7, 11) is 7.43. The Morgan fingerprint density at radius 2 is 1.22 bits per heavy atom. The van der Waals surface area contributed by atoms with Gasteiger partial charge >= 0.3 is 0 Å². The van der Waals surface area contributed by atoms with Gasteiger partial charge in [-0.15, -0.1) is 0 Å². The van der Waals surface area contributed by atoms with E-state index in [-0.39, 0.29) is 17.9 Å². The van der Waals surface area contributed by atoms with Crippen LogP contribution < -0.4 is 5.32 Å². The lowest BCUT2D eigenvalue weighted by Gasteiger charge is -2.46. The van der Waals surface area contributed by atoms with Crippen molar-refractivity contribution in [3.63, 3.8) is 0 Å². The van der Waals surface area contributed by atoms with Gasteiger partial charge in [0.05, 0.1) is 19.3 Å². The lowest BCUT2D eigenvalue weighted by molar-refractivity contribution is -0.371. The molecule has 2 aliphatic heterocycles. The van der Waals surface area contributed by atoms with Crippen molar-refractivity contribution in [3.05, 3.63) is 12.2 Å². The summed E-state index contributed by atoms with van der Waals surface area (Å²) in [6, 6.07) is 0. The van der Waals surface area contributed by atoms with Crippen LogP contribution in [-0.4, -0.2) is 179 Å². The first-order chi connectivity index (χ1) is 25.6. The van der Waals surface area contributed by atoms with Crippen molar-refractivity contribution in [2.24, 2.45) is 0 Å². The Labute approximate surface area is 322 Å². The zero-order valence-electron chi connectivity index (χ0n) is 33.5. The zero-order valence-corrected chi connectivity index (χ0v) is 33.5. The van der Waals surface area contributed by atoms with E-state index in [2.05, 4.69) is 22.4 Å². The van der Waals surface area contributed by atoms with Crippen molar-refractivity contribution in [1.82, 2.24) is 15.1 Å². The number of allylic oxidation sites excluding steroid dienone is 2. The second-order valence-corrected chi connectivity index (χ2v) is 14.8. The molecule has 2 amide bonds. The van der Waals surface area contributed by atoms with Gasteiger partial charge in [0.2, 0.25) is 11.8 Å². The molecule has 2 saturated heterocycles. The quantitative estimate of drug-likeness (QED) is 0.0491. The minimum atomic E-state index is -1.71. The molecule has 0 radical (unpaired) electrons. The molecule has 2 heterocycles. The molecule has 318 valence electrons. The Balaban J connectivity index is 0.00000223. The topological polar surface area (TPSA) is 231 Å². The molecule has 2 fully saturated rings. The highest BCUT2D eigenvalue weighted by molar-refractivity contribution is 5.75. The van der Waals surface area contributed by atoms with Crippen LogP contribution in [0, 0.1) is 0 Å². The first-order valence-corrected chi connectivity index (χ1v) is 19.6. The highest BCUT2D eigenvalue weighted by atomic mass is 16.8. The van der Waals surface area contributed by atoms with Gasteiger partial charge in [0.15, 0.2) is 12.6 Å². The Bertz CT molecular complexity index is 1020. The molecule has 0 aromatic carbocycles. The second kappa shape index (κ2) is 28.6. The van der Waals surface area contributed by atoms with Crippen molar-refractivity contribution in [1.29, 1.82) is 0 Å². The minimum absolute atomic E-state index is 0.0926. The minimum Gasteiger partial charge on any atom is -0.394 e. The summed E-state index contributed by atoms with van der Waals surface area (Å²) < 4.78 is 22.8. The van der Waals surface area contributed by atoms with Crippen LogP contribution in [-0.2, 0) is 28.5 Å². The highest BCUT2D eigenvalue weighted by Crippen LogP contribution is 2.30. The molecule has 16 nitrogen and oxygen atoms in total. The average molecular weight is 780 g/mol. The second-order valence-electron chi connectivity index (χ2n) is 14.8. The molecule has 2 aliphatic rings. The number of ether oxygens (including phenoxy) is 4. The van der Waals surface area contributed by atoms with E-state index in [1.807, 2.05) is 21.0 Å². The number of rotatable bonds is 24. The molecule has 16 heteroatoms. The fourth-order valence-electron chi connectivity index (χ4n) is 5.81. The smallest absolute Gasteiger partial charge is 0.220 e. The molecule has 54 heavy (non-hydrogen) atoms. The number of likely N-dealkylation sites (N-methyl/N-ethyl adjacent to an activating group) is 1. The summed E-state index contributed by atoms with van der Waals surface area (Å²) in [6.45, 7) is 3.70. The summed E-state index contributed by atoms with van der Waals surface area (Å²) >= 11 is 0. The molecule has 0 aromatic rings. The summed E-state index contributed by atoms with van der Waals surface area (Å²) in [5, 5.41) is 73.8. The summed E-state index contributed by atoms with van der Waals surface area (Å²) in [5.74, 6) is 0.238. The van der Waals surface area contributed by atoms with Crippen LogP contribution >= 0.6 is 0 Å². The van der Waals surface area contributed by atoms with Crippen molar-refractivity contribution in [2.45, 2.75) is 165 Å². The molecule has 0 aromatic heterocycles. The van der Waals surface area contributed by atoms with Crippen LogP contribution in [0.25, 0.3) is 0 Å². The van der Waals surface area contributed by atoms with Crippen LogP contribution in [0.15, 0.2) is 12.2 Å². The predicted molar refractivity (Wildman–Crippen MR) is 202 cm³/mol. The Morgan fingerprint density at radius 1 is 0.722 bits per heavy atom. The maximum Gasteiger partial charge on any atom is 0.220 e. The first kappa shape index (κ1) is 50.2. The third-order valence-corrected chi connectivity index (χ3v) is 9.51. The summed E-state index contributed by atoms with van der Waals surface area (Å²) in [4.78, 5) is 25.4. The van der Waals surface area contributed by atoms with Crippen LogP contribution in [0.2, 0.25) is 0 Å². The number of amides is 2. The number of hydrogen-bond donors (Lipinski definition) is 8. The van der Waals surface area contributed by atoms with Crippen LogP contribution in [0.4, 0.5) is 0 Å². The third kappa shape index (κ3) is 19.9. The molecule has 0 spiro atoms. The van der Waals surface area contributed by atoms with E-state index in [1.165, 1.54) is 18.2 Å². The molecule has 11 atom stereocenters. The van der Waals surface area contributed by atoms with Gasteiger partial charge in [-0.3, -0.25) is 9.59 Å². The summed E-state index contributed by atoms with van der Waals surface area (Å²) in [5.41, 5.74) is 0. The van der Waals surface area contributed by atoms with Gasteiger partial charge in [-0.1, -0.05) is 50.7 Å². The largest absolute Gasteiger partial charge is 0.394 e. The van der Waals surface area contributed by atoms with E-state index < -0.39 is 74.6 Å². The van der Waals surface area contributed by atoms with Crippen molar-refractivity contribution >= 4 is 11.8 Å². The van der Waals surface area contributed by atoms with E-state index in [0.29, 0.717) is 19.4 Å². The van der Waals surface area contributed by atoms with Gasteiger partial charge in [0.25, 0.3) is 0 Å². The number of unbranched alkanes of at least 4 members (excludes halogenated alkanes) is 9. The Hall–Kier alpha value is -1.80. The third-order valence-electron chi connectivity index (χ3n) is 9.51. The van der Waals surface area contributed by atoms with Gasteiger partial charge in [-0.2, -0.15) is 0 Å². The lowest BCUT2D eigenvalue weighted by Crippen LogP contribution is -2.64. The molecule has 8 N–H and O–H groups in total. The molecule has 11 unspecified atom stereocenters. The van der Waals surface area contributed by atoms with E-state index in [1.54, 1.807) is 14.1 Å². The first-order valence-electron chi connectivity index (χ1n) is 19.6. The van der Waals surface area contributed by atoms with Crippen LogP contribution in [0.3, 0.4) is 0 Å². The standard InChI is InChI=1S/C34H64N2O12.C4H9NO/c1-23(17-15-13-11-9-7-5-4-6-8-10-12-14-16-18-26(39)35-19-20-36(2)3)45-34-32(30(43)28(41)25(22-38)47-34)48-33-31(44)29(42)27(40)24(21-37)46-33;1-4(6)5(2)3/h4-5,23-25,27-34,37-38,40-44H,6-22H2,1-3H3,(H,35,39);1-3H3/b5-4-;. The monoisotopic (exact) mass is 780 g/mol. The van der Waals surface area contributed by atoms with Crippen molar-refractivity contribution < 1.29 is 64.3 Å². The number of aliphatic hydroxyl groups excluding tert-OH is 7. The predicted octanol–water partition coefficient (Wildman–Crippen LogP) is 0.415. The van der Waals surface area contributed by atoms with E-state index in [0.717, 1.165) is 70.8 Å². The summed E-state index contributed by atoms with van der Waals surface area (Å²) in [6.07, 6.45) is 2.56. The molecule has 0 saturated carbocycles. The zero-order chi connectivity index (χ0) is 40.6. The average Bonchev–Trinajstić information content (AvgIpc) is 3.12. The van der Waals surface area contributed by atoms with E-state index in [9.17, 15) is 45.3 Å². The number of aliphatic hydroxyl groups is 7. The Kier molecular flexibility index (Phi) is 26.6. The van der Waals surface area contributed by atoms with Crippen LogP contribution in [0.1, 0.15) is 97.3 Å². The number of hydrogen-bond acceptors (Lipinski definition) is 14. The number of nitrogens with zero attached hydrogens (tertiary/aromatic N) is 2. The fraction of sp³-hybridized carbons (Fsp3) is 0.895. The lowest BCUT2D eigenvalue weighted by atomic mass is 9.97. The number of carbonyl (C=O) groups excluding carboxylic acids is 2. The normalized spacial score (nSPS) is 29.1. The van der Waals surface area contributed by atoms with Gasteiger partial charge in [0, 0.05) is 40.5 Å². The Morgan fingerprint density at radius 3 is 1.76 bits per heavy atom. The van der Waals surface area contributed by atoms with E-state index in [4.69, 9.17) is 18.9 Å². The van der Waals surface area contributed by atoms with Crippen molar-refractivity contribution in [2.75, 3.05) is 54.5 Å². The number of nitrogens with one attached hydrogen (secondary N) is 1. The fourth-order valence-corrected chi connectivity index (χ4v) is 5.81. The van der Waals surface area contributed by atoms with Gasteiger partial charge in [-0.05, 0) is 59.5 Å². The van der Waals surface area contributed by atoms with Gasteiger partial charge in [-0.25, -0.2) is 0 Å². The van der Waals surface area contributed by atoms with Gasteiger partial charge < -0.3 is 69.8 Å². The number of carbonyl (C=O) groups is 2. The maximum absolute atomic E-state index is 11.8. The molecule has 0 aliphatic carbocycles. The van der Waals surface area contributed by atoms with Crippen LogP contribution in [0.5, 0.6) is 0 Å². The van der Waals surface area contributed by atoms with Gasteiger partial charge in [0.1, 0.15) is 48.8 Å². The molecular formula is C38H73N3O13. The molecule has 0 bridgehead atoms. The SMILES string of the molecule is CC(=O)N(C)C.CC(CCCCCC/C=C\CCCCCCCC(=O)NCCN(C)C)OC1OC(CO)C(O)C(O)C1OC1OC(CO)C(O)C(O)C1O. The molecule has 2 rings (SSSR count). The van der Waals surface area contributed by atoms with Crippen molar-refractivity contribution in [3.8, 4) is 0 Å².